The lowest BCUT2D eigenvalue weighted by Gasteiger charge is -2.42. The largest absolute Gasteiger partial charge is 0.356 e. The first kappa shape index (κ1) is 19.6. The number of H-pyrrole nitrogens is 1. The van der Waals surface area contributed by atoms with Crippen molar-refractivity contribution in [2.24, 2.45) is 5.73 Å². The first-order valence-corrected chi connectivity index (χ1v) is 10.2. The molecule has 4 heterocycles. The van der Waals surface area contributed by atoms with Crippen LogP contribution in [0.4, 0.5) is 14.6 Å². The molecule has 0 unspecified atom stereocenters. The average Bonchev–Trinajstić information content (AvgIpc) is 3.28. The summed E-state index contributed by atoms with van der Waals surface area (Å²) in [5.41, 5.74) is 8.67. The number of halogens is 2. The number of pyridine rings is 1. The Morgan fingerprint density at radius 3 is 2.58 bits per heavy atom. The zero-order valence-electron chi connectivity index (χ0n) is 16.9. The van der Waals surface area contributed by atoms with Gasteiger partial charge in [0.1, 0.15) is 29.4 Å². The fraction of sp³-hybridized carbons (Fsp3) is 0.261. The van der Waals surface area contributed by atoms with Crippen molar-refractivity contribution in [3.05, 3.63) is 72.4 Å². The van der Waals surface area contributed by atoms with Gasteiger partial charge in [0, 0.05) is 43.0 Å². The van der Waals surface area contributed by atoms with E-state index in [1.165, 1.54) is 18.3 Å². The molecular formula is C23H22F2N6. The van der Waals surface area contributed by atoms with E-state index in [1.54, 1.807) is 12.4 Å². The number of anilines is 1. The van der Waals surface area contributed by atoms with Gasteiger partial charge in [-0.3, -0.25) is 4.98 Å². The number of piperidine rings is 1. The number of fused-ring (bicyclic) bond motifs is 1. The van der Waals surface area contributed by atoms with Crippen molar-refractivity contribution in [3.8, 4) is 11.1 Å². The quantitative estimate of drug-likeness (QED) is 0.525. The highest BCUT2D eigenvalue weighted by Crippen LogP contribution is 2.38. The predicted octanol–water partition coefficient (Wildman–Crippen LogP) is 3.80. The third-order valence-electron chi connectivity index (χ3n) is 6.29. The highest BCUT2D eigenvalue weighted by Gasteiger charge is 2.36. The highest BCUT2D eigenvalue weighted by atomic mass is 19.1. The second-order valence-electron chi connectivity index (χ2n) is 8.03. The molecule has 3 N–H and O–H groups in total. The molecular weight excluding hydrogens is 398 g/mol. The van der Waals surface area contributed by atoms with Crippen LogP contribution in [0.2, 0.25) is 0 Å². The van der Waals surface area contributed by atoms with E-state index >= 15 is 0 Å². The number of nitrogens with one attached hydrogen (secondary N) is 1. The van der Waals surface area contributed by atoms with Gasteiger partial charge in [-0.15, -0.1) is 0 Å². The van der Waals surface area contributed by atoms with E-state index in [9.17, 15) is 8.78 Å². The van der Waals surface area contributed by atoms with Crippen LogP contribution in [-0.2, 0) is 5.41 Å². The van der Waals surface area contributed by atoms with Gasteiger partial charge in [0.25, 0.3) is 0 Å². The zero-order valence-corrected chi connectivity index (χ0v) is 16.9. The van der Waals surface area contributed by atoms with Crippen molar-refractivity contribution in [1.82, 2.24) is 19.9 Å². The lowest BCUT2D eigenvalue weighted by atomic mass is 9.72. The monoisotopic (exact) mass is 420 g/mol. The van der Waals surface area contributed by atoms with E-state index in [4.69, 9.17) is 5.73 Å². The van der Waals surface area contributed by atoms with Crippen LogP contribution in [0.15, 0.2) is 55.2 Å². The van der Waals surface area contributed by atoms with E-state index < -0.39 is 5.82 Å². The molecule has 8 heteroatoms. The lowest BCUT2D eigenvalue weighted by molar-refractivity contribution is 0.338. The van der Waals surface area contributed by atoms with E-state index in [2.05, 4.69) is 24.8 Å². The first-order valence-electron chi connectivity index (χ1n) is 10.2. The topological polar surface area (TPSA) is 83.7 Å². The minimum atomic E-state index is -0.453. The van der Waals surface area contributed by atoms with Crippen molar-refractivity contribution < 1.29 is 8.78 Å². The Hall–Kier alpha value is -3.39. The summed E-state index contributed by atoms with van der Waals surface area (Å²) in [6.45, 7) is 1.87. The summed E-state index contributed by atoms with van der Waals surface area (Å²) in [6.07, 6.45) is 7.59. The van der Waals surface area contributed by atoms with Crippen LogP contribution in [0.3, 0.4) is 0 Å². The van der Waals surface area contributed by atoms with Crippen LogP contribution in [0.1, 0.15) is 18.4 Å². The maximum Gasteiger partial charge on any atom is 0.142 e. The molecule has 3 aromatic heterocycles. The molecule has 1 aromatic carbocycles. The van der Waals surface area contributed by atoms with Gasteiger partial charge in [0.05, 0.1) is 11.6 Å². The summed E-state index contributed by atoms with van der Waals surface area (Å²) < 4.78 is 28.2. The minimum absolute atomic E-state index is 0.363. The zero-order chi connectivity index (χ0) is 21.4. The maximum atomic E-state index is 14.6. The van der Waals surface area contributed by atoms with Gasteiger partial charge in [-0.25, -0.2) is 18.7 Å². The number of aromatic amines is 1. The van der Waals surface area contributed by atoms with Gasteiger partial charge in [-0.1, -0.05) is 6.07 Å². The molecule has 0 spiro atoms. The molecule has 0 amide bonds. The Balaban J connectivity index is 1.45. The number of rotatable bonds is 4. The molecule has 0 atom stereocenters. The lowest BCUT2D eigenvalue weighted by Crippen LogP contribution is -2.47. The van der Waals surface area contributed by atoms with E-state index in [-0.39, 0.29) is 11.2 Å². The number of benzene rings is 1. The summed E-state index contributed by atoms with van der Waals surface area (Å²) in [7, 11) is 0. The first-order chi connectivity index (χ1) is 15.1. The normalized spacial score (nSPS) is 16.0. The van der Waals surface area contributed by atoms with Crippen molar-refractivity contribution in [3.63, 3.8) is 0 Å². The molecule has 0 aliphatic carbocycles. The van der Waals surface area contributed by atoms with Crippen molar-refractivity contribution >= 4 is 16.9 Å². The smallest absolute Gasteiger partial charge is 0.142 e. The van der Waals surface area contributed by atoms with E-state index in [0.29, 0.717) is 17.7 Å². The Kier molecular flexibility index (Phi) is 4.86. The molecule has 0 radical (unpaired) electrons. The van der Waals surface area contributed by atoms with Gasteiger partial charge in [-0.2, -0.15) is 0 Å². The third kappa shape index (κ3) is 3.53. The summed E-state index contributed by atoms with van der Waals surface area (Å²) in [6, 6.07) is 8.20. The molecule has 1 aliphatic heterocycles. The van der Waals surface area contributed by atoms with E-state index in [0.717, 1.165) is 54.5 Å². The Bertz CT molecular complexity index is 1230. The summed E-state index contributed by atoms with van der Waals surface area (Å²) in [4.78, 5) is 18.0. The van der Waals surface area contributed by atoms with Crippen LogP contribution in [0.5, 0.6) is 0 Å². The fourth-order valence-electron chi connectivity index (χ4n) is 4.50. The Labute approximate surface area is 178 Å². The molecule has 1 aliphatic rings. The standard InChI is InChI=1S/C23H22F2N6/c24-18-8-15(16-9-19(25)12-27-11-16)7-17(10-18)23(13-26)2-5-31(6-3-23)22-20-1-4-28-21(20)29-14-30-22/h1,4,7-12,14H,2-3,5-6,13,26H2,(H,28,29,30). The molecule has 4 aromatic rings. The van der Waals surface area contributed by atoms with Crippen LogP contribution in [0.25, 0.3) is 22.2 Å². The molecule has 1 fully saturated rings. The van der Waals surface area contributed by atoms with Crippen LogP contribution < -0.4 is 10.6 Å². The second kappa shape index (κ2) is 7.70. The molecule has 0 bridgehead atoms. The second-order valence-corrected chi connectivity index (χ2v) is 8.03. The number of hydrogen-bond acceptors (Lipinski definition) is 5. The van der Waals surface area contributed by atoms with Crippen LogP contribution in [-0.4, -0.2) is 39.6 Å². The molecule has 6 nitrogen and oxygen atoms in total. The predicted molar refractivity (Wildman–Crippen MR) is 116 cm³/mol. The van der Waals surface area contributed by atoms with Gasteiger partial charge in [0.15, 0.2) is 0 Å². The van der Waals surface area contributed by atoms with Crippen LogP contribution >= 0.6 is 0 Å². The van der Waals surface area contributed by atoms with Gasteiger partial charge in [-0.05, 0) is 48.2 Å². The van der Waals surface area contributed by atoms with Gasteiger partial charge >= 0.3 is 0 Å². The number of aromatic nitrogens is 4. The van der Waals surface area contributed by atoms with E-state index in [1.807, 2.05) is 18.3 Å². The van der Waals surface area contributed by atoms with Gasteiger partial charge < -0.3 is 15.6 Å². The number of hydrogen-bond donors (Lipinski definition) is 2. The Morgan fingerprint density at radius 1 is 1.00 bits per heavy atom. The maximum absolute atomic E-state index is 14.6. The highest BCUT2D eigenvalue weighted by molar-refractivity contribution is 5.87. The molecule has 5 rings (SSSR count). The molecule has 31 heavy (non-hydrogen) atoms. The number of nitrogens with zero attached hydrogens (tertiary/aromatic N) is 4. The van der Waals surface area contributed by atoms with Crippen molar-refractivity contribution in [2.75, 3.05) is 24.5 Å². The summed E-state index contributed by atoms with van der Waals surface area (Å²) in [5, 5.41) is 0.981. The third-order valence-corrected chi connectivity index (χ3v) is 6.29. The molecule has 0 saturated carbocycles. The summed E-state index contributed by atoms with van der Waals surface area (Å²) >= 11 is 0. The SMILES string of the molecule is NCC1(c2cc(F)cc(-c3cncc(F)c3)c2)CCN(c2ncnc3[nH]ccc23)CC1. The Morgan fingerprint density at radius 2 is 1.81 bits per heavy atom. The van der Waals surface area contributed by atoms with Gasteiger partial charge in [0.2, 0.25) is 0 Å². The van der Waals surface area contributed by atoms with Crippen LogP contribution in [0, 0.1) is 11.6 Å². The summed E-state index contributed by atoms with van der Waals surface area (Å²) in [5.74, 6) is 0.0746. The van der Waals surface area contributed by atoms with Crippen molar-refractivity contribution in [2.45, 2.75) is 18.3 Å². The molecule has 158 valence electrons. The minimum Gasteiger partial charge on any atom is -0.356 e. The fourth-order valence-corrected chi connectivity index (χ4v) is 4.50. The van der Waals surface area contributed by atoms with Crippen molar-refractivity contribution in [1.29, 1.82) is 0 Å². The number of nitrogens with two attached hydrogens (primary N) is 1. The average molecular weight is 420 g/mol. The molecule has 1 saturated heterocycles.